The molecule has 1 aliphatic heterocycles. The van der Waals surface area contributed by atoms with Crippen molar-refractivity contribution < 1.29 is 28.8 Å². The van der Waals surface area contributed by atoms with Gasteiger partial charge in [0.1, 0.15) is 11.4 Å². The van der Waals surface area contributed by atoms with E-state index in [-0.39, 0.29) is 22.3 Å². The number of ether oxygens (including phenoxy) is 2. The number of aryl methyl sites for hydroxylation is 1. The number of fused-ring (bicyclic) bond motifs is 1. The molecule has 0 atom stereocenters. The van der Waals surface area contributed by atoms with Crippen molar-refractivity contribution in [2.75, 3.05) is 23.8 Å². The first-order chi connectivity index (χ1) is 14.3. The van der Waals surface area contributed by atoms with Crippen LogP contribution in [-0.4, -0.2) is 35.9 Å². The topological polar surface area (TPSA) is 137 Å². The number of anilines is 2. The third kappa shape index (κ3) is 5.45. The van der Waals surface area contributed by atoms with Crippen molar-refractivity contribution >= 4 is 46.4 Å². The number of carbonyl (C=O) groups is 3. The minimum atomic E-state index is -0.790. The number of nitrogens with zero attached hydrogens (tertiary/aromatic N) is 1. The number of nitro benzene ring substituents is 1. The lowest BCUT2D eigenvalue weighted by atomic mass is 10.0. The second-order valence-corrected chi connectivity index (χ2v) is 6.72. The summed E-state index contributed by atoms with van der Waals surface area (Å²) >= 11 is 5.71. The number of rotatable bonds is 7. The van der Waals surface area contributed by atoms with E-state index < -0.39 is 30.0 Å². The fourth-order valence-electron chi connectivity index (χ4n) is 2.73. The van der Waals surface area contributed by atoms with Gasteiger partial charge in [0.05, 0.1) is 4.92 Å². The Morgan fingerprint density at radius 2 is 1.97 bits per heavy atom. The molecule has 0 bridgehead atoms. The zero-order valence-electron chi connectivity index (χ0n) is 15.5. The molecule has 2 amide bonds. The molecule has 2 aromatic carbocycles. The van der Waals surface area contributed by atoms with Crippen LogP contribution in [0.25, 0.3) is 0 Å². The zero-order chi connectivity index (χ0) is 21.7. The van der Waals surface area contributed by atoms with E-state index >= 15 is 0 Å². The van der Waals surface area contributed by atoms with Crippen LogP contribution in [0.3, 0.4) is 0 Å². The van der Waals surface area contributed by atoms with Gasteiger partial charge in [0.15, 0.2) is 13.2 Å². The molecule has 0 aliphatic carbocycles. The number of halogens is 1. The van der Waals surface area contributed by atoms with Crippen molar-refractivity contribution in [1.82, 2.24) is 0 Å². The number of benzene rings is 2. The SMILES string of the molecule is O=C1CCc2cc(OCC(=O)OCC(=O)Nc3ccc(Cl)cc3[N+](=O)[O-])ccc2N1. The number of esters is 1. The van der Waals surface area contributed by atoms with Crippen LogP contribution in [0.5, 0.6) is 5.75 Å². The molecule has 1 heterocycles. The molecule has 2 N–H and O–H groups in total. The third-order valence-corrected chi connectivity index (χ3v) is 4.36. The van der Waals surface area contributed by atoms with Crippen LogP contribution >= 0.6 is 11.6 Å². The second-order valence-electron chi connectivity index (χ2n) is 6.28. The van der Waals surface area contributed by atoms with Gasteiger partial charge in [-0.25, -0.2) is 4.79 Å². The standard InChI is InChI=1S/C19H16ClN3O7/c20-12-2-4-15(16(8-12)23(27)28)22-18(25)9-30-19(26)10-29-13-3-5-14-11(7-13)1-6-17(24)21-14/h2-5,7-8H,1,6,9-10H2,(H,21,24)(H,22,25). The van der Waals surface area contributed by atoms with E-state index in [1.165, 1.54) is 12.1 Å². The molecule has 0 fully saturated rings. The van der Waals surface area contributed by atoms with E-state index in [0.717, 1.165) is 11.6 Å². The highest BCUT2D eigenvalue weighted by atomic mass is 35.5. The Bertz CT molecular complexity index is 1030. The molecule has 3 rings (SSSR count). The summed E-state index contributed by atoms with van der Waals surface area (Å²) in [4.78, 5) is 45.4. The van der Waals surface area contributed by atoms with Crippen molar-refractivity contribution in [1.29, 1.82) is 0 Å². The molecule has 0 saturated heterocycles. The van der Waals surface area contributed by atoms with Gasteiger partial charge in [0.2, 0.25) is 5.91 Å². The lowest BCUT2D eigenvalue weighted by Gasteiger charge is -2.17. The lowest BCUT2D eigenvalue weighted by Crippen LogP contribution is -2.24. The monoisotopic (exact) mass is 433 g/mol. The quantitative estimate of drug-likeness (QED) is 0.389. The highest BCUT2D eigenvalue weighted by molar-refractivity contribution is 6.31. The van der Waals surface area contributed by atoms with E-state index in [0.29, 0.717) is 24.3 Å². The Labute approximate surface area is 175 Å². The molecule has 11 heteroatoms. The fourth-order valence-corrected chi connectivity index (χ4v) is 2.89. The first-order valence-electron chi connectivity index (χ1n) is 8.77. The number of hydrogen-bond acceptors (Lipinski definition) is 7. The number of nitro groups is 1. The molecule has 10 nitrogen and oxygen atoms in total. The summed E-state index contributed by atoms with van der Waals surface area (Å²) in [5, 5.41) is 16.2. The summed E-state index contributed by atoms with van der Waals surface area (Å²) in [7, 11) is 0. The summed E-state index contributed by atoms with van der Waals surface area (Å²) < 4.78 is 10.2. The average Bonchev–Trinajstić information content (AvgIpc) is 2.71. The Morgan fingerprint density at radius 3 is 2.73 bits per heavy atom. The van der Waals surface area contributed by atoms with Crippen LogP contribution in [0.2, 0.25) is 5.02 Å². The predicted molar refractivity (Wildman–Crippen MR) is 107 cm³/mol. The maximum atomic E-state index is 11.9. The van der Waals surface area contributed by atoms with Gasteiger partial charge >= 0.3 is 5.97 Å². The summed E-state index contributed by atoms with van der Waals surface area (Å²) in [5.74, 6) is -1.18. The van der Waals surface area contributed by atoms with Gasteiger partial charge in [-0.3, -0.25) is 19.7 Å². The molecule has 0 radical (unpaired) electrons. The maximum absolute atomic E-state index is 11.9. The van der Waals surface area contributed by atoms with Gasteiger partial charge < -0.3 is 20.1 Å². The molecular weight excluding hydrogens is 418 g/mol. The van der Waals surface area contributed by atoms with Crippen molar-refractivity contribution in [3.05, 3.63) is 57.1 Å². The van der Waals surface area contributed by atoms with Crippen LogP contribution in [0.4, 0.5) is 17.1 Å². The maximum Gasteiger partial charge on any atom is 0.344 e. The van der Waals surface area contributed by atoms with Gasteiger partial charge in [-0.05, 0) is 42.3 Å². The second kappa shape index (κ2) is 9.23. The normalized spacial score (nSPS) is 12.4. The molecule has 30 heavy (non-hydrogen) atoms. The molecule has 2 aromatic rings. The van der Waals surface area contributed by atoms with Crippen molar-refractivity contribution in [3.8, 4) is 5.75 Å². The minimum absolute atomic E-state index is 0.0537. The van der Waals surface area contributed by atoms with Crippen LogP contribution in [-0.2, 0) is 25.5 Å². The largest absolute Gasteiger partial charge is 0.482 e. The molecule has 0 spiro atoms. The van der Waals surface area contributed by atoms with Crippen molar-refractivity contribution in [2.45, 2.75) is 12.8 Å². The predicted octanol–water partition coefficient (Wildman–Crippen LogP) is 2.69. The van der Waals surface area contributed by atoms with Crippen molar-refractivity contribution in [3.63, 3.8) is 0 Å². The summed E-state index contributed by atoms with van der Waals surface area (Å²) in [6.45, 7) is -1.07. The first-order valence-corrected chi connectivity index (χ1v) is 9.14. The van der Waals surface area contributed by atoms with Gasteiger partial charge in [-0.1, -0.05) is 11.6 Å². The molecule has 156 valence electrons. The Morgan fingerprint density at radius 1 is 1.17 bits per heavy atom. The van der Waals surface area contributed by atoms with Gasteiger partial charge in [-0.2, -0.15) is 0 Å². The highest BCUT2D eigenvalue weighted by Gasteiger charge is 2.18. The average molecular weight is 434 g/mol. The zero-order valence-corrected chi connectivity index (χ0v) is 16.2. The number of carbonyl (C=O) groups excluding carboxylic acids is 3. The first kappa shape index (κ1) is 21.1. The van der Waals surface area contributed by atoms with E-state index in [9.17, 15) is 24.5 Å². The molecule has 0 unspecified atom stereocenters. The fraction of sp³-hybridized carbons (Fsp3) is 0.211. The molecule has 1 aliphatic rings. The van der Waals surface area contributed by atoms with E-state index in [2.05, 4.69) is 10.6 Å². The Kier molecular flexibility index (Phi) is 6.48. The highest BCUT2D eigenvalue weighted by Crippen LogP contribution is 2.28. The van der Waals surface area contributed by atoms with Gasteiger partial charge in [-0.15, -0.1) is 0 Å². The summed E-state index contributed by atoms with van der Waals surface area (Å²) in [6.07, 6.45) is 0.944. The van der Waals surface area contributed by atoms with Crippen LogP contribution in [0.15, 0.2) is 36.4 Å². The molecular formula is C19H16ClN3O7. The molecule has 0 saturated carbocycles. The number of amides is 2. The van der Waals surface area contributed by atoms with Crippen LogP contribution in [0, 0.1) is 10.1 Å². The van der Waals surface area contributed by atoms with E-state index in [1.54, 1.807) is 18.2 Å². The summed E-state index contributed by atoms with van der Waals surface area (Å²) in [6, 6.07) is 8.76. The summed E-state index contributed by atoms with van der Waals surface area (Å²) in [5.41, 5.74) is 1.15. The smallest absolute Gasteiger partial charge is 0.344 e. The lowest BCUT2D eigenvalue weighted by molar-refractivity contribution is -0.383. The van der Waals surface area contributed by atoms with Gasteiger partial charge in [0.25, 0.3) is 11.6 Å². The Balaban J connectivity index is 1.48. The van der Waals surface area contributed by atoms with Gasteiger partial charge in [0, 0.05) is 23.2 Å². The van der Waals surface area contributed by atoms with Crippen LogP contribution < -0.4 is 15.4 Å². The van der Waals surface area contributed by atoms with E-state index in [1.807, 2.05) is 0 Å². The van der Waals surface area contributed by atoms with E-state index in [4.69, 9.17) is 21.1 Å². The van der Waals surface area contributed by atoms with Crippen molar-refractivity contribution in [2.24, 2.45) is 0 Å². The minimum Gasteiger partial charge on any atom is -0.482 e. The number of nitrogens with one attached hydrogen (secondary N) is 2. The number of hydrogen-bond donors (Lipinski definition) is 2. The van der Waals surface area contributed by atoms with Crippen LogP contribution in [0.1, 0.15) is 12.0 Å². The molecule has 0 aromatic heterocycles. The Hall–Kier alpha value is -3.66. The third-order valence-electron chi connectivity index (χ3n) is 4.12.